The highest BCUT2D eigenvalue weighted by atomic mass is 35.5. The molecule has 1 aromatic heterocycles. The van der Waals surface area contributed by atoms with Gasteiger partial charge < -0.3 is 15.2 Å². The van der Waals surface area contributed by atoms with E-state index in [9.17, 15) is 27.5 Å². The number of benzene rings is 3. The maximum absolute atomic E-state index is 14.8. The molecule has 0 aliphatic rings. The molecule has 0 spiro atoms. The lowest BCUT2D eigenvalue weighted by Gasteiger charge is -2.15. The zero-order valence-electron chi connectivity index (χ0n) is 17.5. The molecular weight excluding hydrogens is 487 g/mol. The fraction of sp³-hybridized carbons (Fsp3) is 0.0435. The summed E-state index contributed by atoms with van der Waals surface area (Å²) in [6.45, 7) is 0. The first-order valence-corrected chi connectivity index (χ1v) is 11.5. The van der Waals surface area contributed by atoms with Crippen molar-refractivity contribution < 1.29 is 32.2 Å². The Labute approximate surface area is 198 Å². The van der Waals surface area contributed by atoms with E-state index in [1.54, 1.807) is 18.2 Å². The lowest BCUT2D eigenvalue weighted by molar-refractivity contribution is 0.0692. The highest BCUT2D eigenvalue weighted by Crippen LogP contribution is 2.33. The van der Waals surface area contributed by atoms with E-state index in [2.05, 4.69) is 5.32 Å². The SMILES string of the molecule is COc1cc(F)c(NC(=O)c2ccccc2C(=O)O)cc1S(=O)(=O)n1ccc2ccc(Cl)cc21. The van der Waals surface area contributed by atoms with Crippen molar-refractivity contribution >= 4 is 50.1 Å². The van der Waals surface area contributed by atoms with Crippen molar-refractivity contribution in [3.8, 4) is 5.75 Å². The highest BCUT2D eigenvalue weighted by molar-refractivity contribution is 7.90. The van der Waals surface area contributed by atoms with Gasteiger partial charge in [0.1, 0.15) is 16.5 Å². The number of halogens is 2. The van der Waals surface area contributed by atoms with E-state index in [0.717, 1.165) is 16.1 Å². The first-order valence-electron chi connectivity index (χ1n) is 9.67. The quantitative estimate of drug-likeness (QED) is 0.397. The van der Waals surface area contributed by atoms with E-state index >= 15 is 0 Å². The number of carboxylic acids is 1. The van der Waals surface area contributed by atoms with Crippen molar-refractivity contribution in [2.45, 2.75) is 4.90 Å². The number of nitrogens with one attached hydrogen (secondary N) is 1. The van der Waals surface area contributed by atoms with Crippen LogP contribution in [0.3, 0.4) is 0 Å². The molecule has 0 saturated carbocycles. The number of hydrogen-bond donors (Lipinski definition) is 2. The van der Waals surface area contributed by atoms with Crippen molar-refractivity contribution in [1.82, 2.24) is 3.97 Å². The number of hydrogen-bond acceptors (Lipinski definition) is 5. The molecule has 0 aliphatic carbocycles. The summed E-state index contributed by atoms with van der Waals surface area (Å²) < 4.78 is 47.8. The van der Waals surface area contributed by atoms with Crippen LogP contribution < -0.4 is 10.1 Å². The molecule has 0 atom stereocenters. The number of aromatic carboxylic acids is 1. The summed E-state index contributed by atoms with van der Waals surface area (Å²) in [5, 5.41) is 12.5. The second-order valence-corrected chi connectivity index (χ2v) is 9.33. The number of ether oxygens (including phenoxy) is 1. The molecule has 11 heteroatoms. The van der Waals surface area contributed by atoms with Crippen LogP contribution in [-0.2, 0) is 10.0 Å². The van der Waals surface area contributed by atoms with Gasteiger partial charge in [0.05, 0.1) is 29.4 Å². The fourth-order valence-corrected chi connectivity index (χ4v) is 5.12. The second kappa shape index (κ2) is 8.81. The number of rotatable bonds is 6. The molecule has 0 aliphatic heterocycles. The topological polar surface area (TPSA) is 115 Å². The van der Waals surface area contributed by atoms with Gasteiger partial charge in [0.25, 0.3) is 15.9 Å². The van der Waals surface area contributed by atoms with Crippen LogP contribution in [0.5, 0.6) is 5.75 Å². The Hall–Kier alpha value is -3.89. The third-order valence-corrected chi connectivity index (χ3v) is 7.01. The summed E-state index contributed by atoms with van der Waals surface area (Å²) >= 11 is 6.03. The van der Waals surface area contributed by atoms with Gasteiger partial charge in [-0.2, -0.15) is 0 Å². The van der Waals surface area contributed by atoms with Gasteiger partial charge in [-0.25, -0.2) is 21.6 Å². The van der Waals surface area contributed by atoms with Gasteiger partial charge in [-0.3, -0.25) is 4.79 Å². The predicted molar refractivity (Wildman–Crippen MR) is 124 cm³/mol. The summed E-state index contributed by atoms with van der Waals surface area (Å²) in [6, 6.07) is 13.4. The van der Waals surface area contributed by atoms with E-state index in [0.29, 0.717) is 15.9 Å². The average molecular weight is 503 g/mol. The standard InChI is InChI=1S/C23H16ClFN2O6S/c1-33-20-11-17(25)18(26-22(28)15-4-2-3-5-16(15)23(29)30)12-21(20)34(31,32)27-9-8-13-6-7-14(24)10-19(13)27/h2-12H,1H3,(H,26,28)(H,29,30). The Bertz CT molecular complexity index is 1570. The molecule has 0 radical (unpaired) electrons. The number of nitrogens with zero attached hydrogens (tertiary/aromatic N) is 1. The molecule has 4 aromatic rings. The van der Waals surface area contributed by atoms with Crippen LogP contribution in [-0.4, -0.2) is 36.5 Å². The molecule has 174 valence electrons. The largest absolute Gasteiger partial charge is 0.495 e. The lowest BCUT2D eigenvalue weighted by Crippen LogP contribution is -2.18. The van der Waals surface area contributed by atoms with Gasteiger partial charge in [0, 0.05) is 22.7 Å². The second-order valence-electron chi connectivity index (χ2n) is 7.11. The molecule has 1 amide bonds. The Morgan fingerprint density at radius 2 is 1.76 bits per heavy atom. The number of carboxylic acid groups (broad SMARTS) is 1. The van der Waals surface area contributed by atoms with Crippen molar-refractivity contribution in [2.24, 2.45) is 0 Å². The minimum atomic E-state index is -4.32. The Morgan fingerprint density at radius 3 is 2.44 bits per heavy atom. The number of carbonyl (C=O) groups excluding carboxylic acids is 1. The summed E-state index contributed by atoms with van der Waals surface area (Å²) in [4.78, 5) is 23.7. The van der Waals surface area contributed by atoms with E-state index < -0.39 is 38.3 Å². The molecule has 0 bridgehead atoms. The van der Waals surface area contributed by atoms with Crippen molar-refractivity contribution in [3.05, 3.63) is 88.8 Å². The van der Waals surface area contributed by atoms with E-state index in [4.69, 9.17) is 16.3 Å². The summed E-state index contributed by atoms with van der Waals surface area (Å²) in [5.74, 6) is -3.53. The zero-order valence-corrected chi connectivity index (χ0v) is 19.0. The van der Waals surface area contributed by atoms with E-state index in [1.165, 1.54) is 43.6 Å². The van der Waals surface area contributed by atoms with Gasteiger partial charge in [0.2, 0.25) is 0 Å². The monoisotopic (exact) mass is 502 g/mol. The first-order chi connectivity index (χ1) is 16.1. The summed E-state index contributed by atoms with van der Waals surface area (Å²) in [7, 11) is -3.14. The van der Waals surface area contributed by atoms with Crippen LogP contribution in [0.4, 0.5) is 10.1 Å². The van der Waals surface area contributed by atoms with Gasteiger partial charge in [-0.1, -0.05) is 29.8 Å². The lowest BCUT2D eigenvalue weighted by atomic mass is 10.1. The van der Waals surface area contributed by atoms with Crippen molar-refractivity contribution in [2.75, 3.05) is 12.4 Å². The summed E-state index contributed by atoms with van der Waals surface area (Å²) in [5.41, 5.74) is -0.697. The molecule has 8 nitrogen and oxygen atoms in total. The molecule has 2 N–H and O–H groups in total. The molecule has 34 heavy (non-hydrogen) atoms. The van der Waals surface area contributed by atoms with Crippen LogP contribution in [0.15, 0.2) is 71.8 Å². The van der Waals surface area contributed by atoms with Crippen LogP contribution in [0, 0.1) is 5.82 Å². The maximum Gasteiger partial charge on any atom is 0.336 e. The van der Waals surface area contributed by atoms with Gasteiger partial charge >= 0.3 is 5.97 Å². The van der Waals surface area contributed by atoms with E-state index in [-0.39, 0.29) is 16.9 Å². The number of fused-ring (bicyclic) bond motifs is 1. The van der Waals surface area contributed by atoms with Gasteiger partial charge in [-0.15, -0.1) is 0 Å². The molecule has 0 unspecified atom stereocenters. The predicted octanol–water partition coefficient (Wildman–Crippen LogP) is 4.63. The number of amides is 1. The highest BCUT2D eigenvalue weighted by Gasteiger charge is 2.27. The van der Waals surface area contributed by atoms with Gasteiger partial charge in [-0.05, 0) is 36.4 Å². The van der Waals surface area contributed by atoms with Crippen LogP contribution in [0.2, 0.25) is 5.02 Å². The normalized spacial score (nSPS) is 11.4. The number of aromatic nitrogens is 1. The van der Waals surface area contributed by atoms with Crippen molar-refractivity contribution in [3.63, 3.8) is 0 Å². The number of anilines is 1. The average Bonchev–Trinajstić information content (AvgIpc) is 3.23. The van der Waals surface area contributed by atoms with Crippen LogP contribution >= 0.6 is 11.6 Å². The fourth-order valence-electron chi connectivity index (χ4n) is 3.44. The van der Waals surface area contributed by atoms with E-state index in [1.807, 2.05) is 0 Å². The minimum absolute atomic E-state index is 0.222. The van der Waals surface area contributed by atoms with Crippen LogP contribution in [0.25, 0.3) is 10.9 Å². The first kappa shape index (κ1) is 23.3. The Kier molecular flexibility index (Phi) is 6.03. The third kappa shape index (κ3) is 4.09. The Balaban J connectivity index is 1.81. The van der Waals surface area contributed by atoms with Crippen molar-refractivity contribution in [1.29, 1.82) is 0 Å². The smallest absolute Gasteiger partial charge is 0.336 e. The number of methoxy groups -OCH3 is 1. The van der Waals surface area contributed by atoms with Gasteiger partial charge in [0.15, 0.2) is 0 Å². The minimum Gasteiger partial charge on any atom is -0.495 e. The molecule has 4 rings (SSSR count). The molecule has 0 saturated heterocycles. The third-order valence-electron chi connectivity index (χ3n) is 5.06. The maximum atomic E-state index is 14.8. The molecule has 0 fully saturated rings. The number of carbonyl (C=O) groups is 2. The zero-order chi connectivity index (χ0) is 24.6. The Morgan fingerprint density at radius 1 is 1.06 bits per heavy atom. The summed E-state index contributed by atoms with van der Waals surface area (Å²) in [6.07, 6.45) is 1.32. The van der Waals surface area contributed by atoms with Crippen LogP contribution in [0.1, 0.15) is 20.7 Å². The molecular formula is C23H16ClFN2O6S. The molecule has 3 aromatic carbocycles. The molecule has 1 heterocycles.